The average Bonchev–Trinajstić information content (AvgIpc) is 3.09. The van der Waals surface area contributed by atoms with Crippen LogP contribution in [0.1, 0.15) is 65.2 Å². The second-order valence-electron chi connectivity index (χ2n) is 9.99. The van der Waals surface area contributed by atoms with Gasteiger partial charge in [0.25, 0.3) is 0 Å². The van der Waals surface area contributed by atoms with E-state index >= 15 is 0 Å². The molecule has 0 aromatic heterocycles. The van der Waals surface area contributed by atoms with Crippen molar-refractivity contribution >= 4 is 5.97 Å². The second-order valence-corrected chi connectivity index (χ2v) is 9.99. The van der Waals surface area contributed by atoms with Crippen LogP contribution >= 0.6 is 0 Å². The summed E-state index contributed by atoms with van der Waals surface area (Å²) >= 11 is 0. The van der Waals surface area contributed by atoms with Crippen LogP contribution in [0.4, 0.5) is 0 Å². The summed E-state index contributed by atoms with van der Waals surface area (Å²) in [6, 6.07) is 0. The molecule has 4 bridgehead atoms. The molecule has 4 heteroatoms. The third-order valence-electron chi connectivity index (χ3n) is 9.39. The summed E-state index contributed by atoms with van der Waals surface area (Å²) < 4.78 is 12.4. The average molecular weight is 344 g/mol. The van der Waals surface area contributed by atoms with Crippen LogP contribution in [0.5, 0.6) is 0 Å². The van der Waals surface area contributed by atoms with Gasteiger partial charge in [-0.15, -0.1) is 0 Å². The molecule has 1 N–H and O–H groups in total. The van der Waals surface area contributed by atoms with Gasteiger partial charge in [-0.25, -0.2) is 0 Å². The van der Waals surface area contributed by atoms with Crippen molar-refractivity contribution in [2.24, 2.45) is 28.6 Å². The van der Waals surface area contributed by atoms with Gasteiger partial charge in [-0.05, 0) is 68.6 Å². The topological polar surface area (TPSA) is 55.8 Å². The van der Waals surface area contributed by atoms with E-state index in [4.69, 9.17) is 9.47 Å². The molecular formula is C21H28O4. The lowest BCUT2D eigenvalue weighted by molar-refractivity contribution is -0.306. The van der Waals surface area contributed by atoms with Crippen molar-refractivity contribution in [1.82, 2.24) is 0 Å². The predicted octanol–water partition coefficient (Wildman–Crippen LogP) is 3.33. The highest BCUT2D eigenvalue weighted by Gasteiger charge is 2.86. The molecule has 6 aliphatic rings. The lowest BCUT2D eigenvalue weighted by Gasteiger charge is -2.60. The van der Waals surface area contributed by atoms with Gasteiger partial charge in [0, 0.05) is 12.8 Å². The normalized spacial score (nSPS) is 61.2. The molecule has 5 fully saturated rings. The molecule has 0 unspecified atom stereocenters. The van der Waals surface area contributed by atoms with E-state index in [1.54, 1.807) is 0 Å². The minimum Gasteiger partial charge on any atom is -0.432 e. The Morgan fingerprint density at radius 2 is 1.96 bits per heavy atom. The highest BCUT2D eigenvalue weighted by atomic mass is 16.8. The summed E-state index contributed by atoms with van der Waals surface area (Å²) in [5.41, 5.74) is 0.961. The quantitative estimate of drug-likeness (QED) is 0.541. The van der Waals surface area contributed by atoms with Crippen LogP contribution in [0.25, 0.3) is 0 Å². The number of esters is 1. The SMILES string of the molecule is C[C@@]12OC(=O)[C@]34CC[C@H]5[C@@H](CC=C6C[C@H](O)CC[C@@]65C)[C@]3(CC[C@H]14)O2. The number of aliphatic hydroxyl groups is 1. The van der Waals surface area contributed by atoms with Gasteiger partial charge in [0.1, 0.15) is 5.41 Å². The molecule has 2 saturated heterocycles. The van der Waals surface area contributed by atoms with E-state index in [2.05, 4.69) is 13.0 Å². The van der Waals surface area contributed by atoms with Gasteiger partial charge < -0.3 is 14.6 Å². The maximum atomic E-state index is 13.0. The highest BCUT2D eigenvalue weighted by molar-refractivity contribution is 5.84. The smallest absolute Gasteiger partial charge is 0.318 e. The molecule has 0 aromatic rings. The largest absolute Gasteiger partial charge is 0.432 e. The highest BCUT2D eigenvalue weighted by Crippen LogP contribution is 2.78. The molecule has 4 nitrogen and oxygen atoms in total. The van der Waals surface area contributed by atoms with Gasteiger partial charge in [-0.3, -0.25) is 4.79 Å². The van der Waals surface area contributed by atoms with Crippen molar-refractivity contribution < 1.29 is 19.4 Å². The minimum atomic E-state index is -0.683. The Bertz CT molecular complexity index is 715. The Hall–Kier alpha value is -0.870. The lowest BCUT2D eigenvalue weighted by Crippen LogP contribution is -2.64. The minimum absolute atomic E-state index is 0.0289. The molecule has 0 amide bonds. The zero-order valence-electron chi connectivity index (χ0n) is 15.2. The van der Waals surface area contributed by atoms with Crippen LogP contribution in [-0.4, -0.2) is 28.6 Å². The molecule has 25 heavy (non-hydrogen) atoms. The maximum Gasteiger partial charge on any atom is 0.318 e. The molecule has 4 aliphatic carbocycles. The number of aliphatic hydroxyl groups excluding tert-OH is 1. The van der Waals surface area contributed by atoms with Gasteiger partial charge >= 0.3 is 5.97 Å². The Labute approximate surface area is 148 Å². The number of allylic oxidation sites excluding steroid dienone is 1. The molecule has 0 radical (unpaired) electrons. The number of ether oxygens (including phenoxy) is 2. The van der Waals surface area contributed by atoms with Gasteiger partial charge in [-0.2, -0.15) is 0 Å². The molecule has 136 valence electrons. The molecule has 1 spiro atoms. The third-order valence-corrected chi connectivity index (χ3v) is 9.39. The van der Waals surface area contributed by atoms with Crippen LogP contribution in [0, 0.1) is 28.6 Å². The van der Waals surface area contributed by atoms with Crippen molar-refractivity contribution in [3.63, 3.8) is 0 Å². The fourth-order valence-electron chi connectivity index (χ4n) is 8.42. The van der Waals surface area contributed by atoms with Gasteiger partial charge in [0.2, 0.25) is 5.79 Å². The summed E-state index contributed by atoms with van der Waals surface area (Å²) in [4.78, 5) is 13.0. The number of rotatable bonds is 0. The molecule has 6 rings (SSSR count). The van der Waals surface area contributed by atoms with E-state index in [9.17, 15) is 9.90 Å². The van der Waals surface area contributed by atoms with Crippen LogP contribution in [0.15, 0.2) is 11.6 Å². The first kappa shape index (κ1) is 15.2. The number of carbonyl (C=O) groups is 1. The van der Waals surface area contributed by atoms with Crippen molar-refractivity contribution in [3.05, 3.63) is 11.6 Å². The Balaban J connectivity index is 1.48. The summed E-state index contributed by atoms with van der Waals surface area (Å²) in [7, 11) is 0. The monoisotopic (exact) mass is 344 g/mol. The van der Waals surface area contributed by atoms with Gasteiger partial charge in [-0.1, -0.05) is 18.6 Å². The van der Waals surface area contributed by atoms with E-state index in [-0.39, 0.29) is 34.4 Å². The summed E-state index contributed by atoms with van der Waals surface area (Å²) in [6.45, 7) is 4.41. The fraction of sp³-hybridized carbons (Fsp3) is 0.857. The van der Waals surface area contributed by atoms with E-state index in [1.807, 2.05) is 6.92 Å². The van der Waals surface area contributed by atoms with Gasteiger partial charge in [0.15, 0.2) is 0 Å². The molecule has 2 heterocycles. The molecule has 8 atom stereocenters. The summed E-state index contributed by atoms with van der Waals surface area (Å²) in [5, 5.41) is 10.1. The Kier molecular flexibility index (Phi) is 2.54. The van der Waals surface area contributed by atoms with Crippen molar-refractivity contribution in [1.29, 1.82) is 0 Å². The standard InChI is InChI=1S/C21H28O4/c1-18-8-5-13(22)11-12(18)3-4-15-14(18)6-9-20-16-7-10-21(15,20)25-19(16,2)24-17(20)23/h3,13-16,22H,4-11H2,1-2H3/t13-,14+,15-,16-,18+,19+,20-,21+/m1/s1. The van der Waals surface area contributed by atoms with Crippen LogP contribution in [-0.2, 0) is 14.3 Å². The van der Waals surface area contributed by atoms with Crippen molar-refractivity contribution in [3.8, 4) is 0 Å². The number of fused-ring (bicyclic) bond motifs is 3. The zero-order chi connectivity index (χ0) is 17.2. The zero-order valence-corrected chi connectivity index (χ0v) is 15.2. The van der Waals surface area contributed by atoms with Gasteiger partial charge in [0.05, 0.1) is 11.7 Å². The maximum absolute atomic E-state index is 13.0. The first-order valence-corrected chi connectivity index (χ1v) is 10.2. The fourth-order valence-corrected chi connectivity index (χ4v) is 8.42. The summed E-state index contributed by atoms with van der Waals surface area (Å²) in [5.74, 6) is 0.587. The van der Waals surface area contributed by atoms with E-state index in [0.717, 1.165) is 51.4 Å². The number of hydrogen-bond acceptors (Lipinski definition) is 4. The van der Waals surface area contributed by atoms with Crippen LogP contribution < -0.4 is 0 Å². The molecule has 2 aliphatic heterocycles. The van der Waals surface area contributed by atoms with E-state index in [0.29, 0.717) is 11.8 Å². The Morgan fingerprint density at radius 3 is 2.80 bits per heavy atom. The first-order chi connectivity index (χ1) is 11.9. The van der Waals surface area contributed by atoms with E-state index in [1.165, 1.54) is 5.57 Å². The lowest BCUT2D eigenvalue weighted by atomic mass is 9.46. The first-order valence-electron chi connectivity index (χ1n) is 10.2. The van der Waals surface area contributed by atoms with Crippen molar-refractivity contribution in [2.75, 3.05) is 0 Å². The molecule has 3 saturated carbocycles. The summed E-state index contributed by atoms with van der Waals surface area (Å²) in [6.07, 6.45) is 10.1. The third kappa shape index (κ3) is 1.39. The van der Waals surface area contributed by atoms with Crippen molar-refractivity contribution in [2.45, 2.75) is 82.7 Å². The van der Waals surface area contributed by atoms with E-state index < -0.39 is 5.79 Å². The molecule has 0 aromatic carbocycles. The molecular weight excluding hydrogens is 316 g/mol. The van der Waals surface area contributed by atoms with Crippen LogP contribution in [0.2, 0.25) is 0 Å². The predicted molar refractivity (Wildman–Crippen MR) is 90.3 cm³/mol. The van der Waals surface area contributed by atoms with Crippen LogP contribution in [0.3, 0.4) is 0 Å². The number of carbonyl (C=O) groups excluding carboxylic acids is 1. The Morgan fingerprint density at radius 1 is 1.12 bits per heavy atom. The second kappa shape index (κ2) is 4.17. The number of hydrogen-bond donors (Lipinski definition) is 1.